The maximum absolute atomic E-state index is 5.40. The highest BCUT2D eigenvalue weighted by atomic mass is 15.1. The molecule has 9 aromatic rings. The van der Waals surface area contributed by atoms with Crippen LogP contribution in [0.1, 0.15) is 36.4 Å². The number of hydrogen-bond acceptors (Lipinski definition) is 1. The lowest BCUT2D eigenvalue weighted by molar-refractivity contribution is 1.08. The monoisotopic (exact) mass is 665 g/mol. The van der Waals surface area contributed by atoms with Crippen LogP contribution in [-0.2, 0) is 0 Å². The molecule has 3 nitrogen and oxygen atoms in total. The van der Waals surface area contributed by atoms with Crippen molar-refractivity contribution in [1.82, 2.24) is 14.1 Å². The molecule has 1 aliphatic rings. The lowest BCUT2D eigenvalue weighted by atomic mass is 9.99. The molecule has 246 valence electrons. The minimum Gasteiger partial charge on any atom is -0.309 e. The van der Waals surface area contributed by atoms with Crippen LogP contribution in [0.25, 0.3) is 100 Å². The Labute approximate surface area is 302 Å². The molecular formula is C49H35N3. The molecule has 0 aliphatic heterocycles. The van der Waals surface area contributed by atoms with E-state index in [9.17, 15) is 0 Å². The van der Waals surface area contributed by atoms with Gasteiger partial charge in [-0.15, -0.1) is 0 Å². The summed E-state index contributed by atoms with van der Waals surface area (Å²) in [5.74, 6) is 0.920. The van der Waals surface area contributed by atoms with Crippen LogP contribution < -0.4 is 0 Å². The molecule has 6 aromatic carbocycles. The van der Waals surface area contributed by atoms with Crippen molar-refractivity contribution in [1.29, 1.82) is 0 Å². The van der Waals surface area contributed by atoms with Crippen molar-refractivity contribution in [3.8, 4) is 22.6 Å². The summed E-state index contributed by atoms with van der Waals surface area (Å²) in [4.78, 5) is 5.40. The van der Waals surface area contributed by atoms with E-state index >= 15 is 0 Å². The highest BCUT2D eigenvalue weighted by Crippen LogP contribution is 2.44. The van der Waals surface area contributed by atoms with Crippen LogP contribution in [0.2, 0.25) is 0 Å². The Balaban J connectivity index is 1.23. The van der Waals surface area contributed by atoms with Crippen LogP contribution in [0.3, 0.4) is 0 Å². The maximum Gasteiger partial charge on any atom is 0.138 e. The average molecular weight is 666 g/mol. The smallest absolute Gasteiger partial charge is 0.138 e. The number of allylic oxidation sites excluding steroid dienone is 4. The van der Waals surface area contributed by atoms with Crippen LogP contribution in [-0.4, -0.2) is 14.1 Å². The molecule has 0 atom stereocenters. The second-order valence-electron chi connectivity index (χ2n) is 13.7. The second kappa shape index (κ2) is 11.4. The van der Waals surface area contributed by atoms with E-state index in [4.69, 9.17) is 4.98 Å². The fraction of sp³-hybridized carbons (Fsp3) is 0.0408. The Morgan fingerprint density at radius 3 is 2.00 bits per heavy atom. The first kappa shape index (κ1) is 30.1. The number of para-hydroxylation sites is 1. The summed E-state index contributed by atoms with van der Waals surface area (Å²) in [6.07, 6.45) is 8.24. The van der Waals surface area contributed by atoms with E-state index in [1.165, 1.54) is 65.5 Å². The molecule has 0 saturated carbocycles. The molecule has 3 heteroatoms. The Bertz CT molecular complexity index is 3050. The molecule has 1 aliphatic carbocycles. The maximum atomic E-state index is 5.40. The van der Waals surface area contributed by atoms with Crippen molar-refractivity contribution < 1.29 is 0 Å². The number of pyridine rings is 1. The highest BCUT2D eigenvalue weighted by molar-refractivity contribution is 6.17. The molecule has 0 fully saturated rings. The minimum atomic E-state index is 0.920. The molecule has 0 radical (unpaired) electrons. The van der Waals surface area contributed by atoms with E-state index < -0.39 is 0 Å². The second-order valence-corrected chi connectivity index (χ2v) is 13.7. The summed E-state index contributed by atoms with van der Waals surface area (Å²) < 4.78 is 4.66. The van der Waals surface area contributed by atoms with E-state index in [1.807, 2.05) is 12.2 Å². The molecule has 0 N–H and O–H groups in total. The Hall–Kier alpha value is -6.71. The van der Waals surface area contributed by atoms with E-state index in [-0.39, 0.29) is 0 Å². The van der Waals surface area contributed by atoms with Crippen LogP contribution in [0.5, 0.6) is 0 Å². The van der Waals surface area contributed by atoms with Gasteiger partial charge in [0.15, 0.2) is 0 Å². The lowest BCUT2D eigenvalue weighted by Gasteiger charge is -2.12. The topological polar surface area (TPSA) is 22.8 Å². The van der Waals surface area contributed by atoms with Crippen molar-refractivity contribution in [3.05, 3.63) is 175 Å². The molecule has 0 saturated heterocycles. The third-order valence-electron chi connectivity index (χ3n) is 10.9. The number of nitrogens with zero attached hydrogens (tertiary/aromatic N) is 3. The Morgan fingerprint density at radius 1 is 0.596 bits per heavy atom. The summed E-state index contributed by atoms with van der Waals surface area (Å²) >= 11 is 0. The van der Waals surface area contributed by atoms with Gasteiger partial charge < -0.3 is 4.57 Å². The zero-order valence-electron chi connectivity index (χ0n) is 29.2. The van der Waals surface area contributed by atoms with Crippen molar-refractivity contribution in [2.75, 3.05) is 0 Å². The van der Waals surface area contributed by atoms with Gasteiger partial charge >= 0.3 is 0 Å². The first-order valence-electron chi connectivity index (χ1n) is 17.8. The van der Waals surface area contributed by atoms with Crippen LogP contribution in [0.15, 0.2) is 153 Å². The van der Waals surface area contributed by atoms with Gasteiger partial charge in [0.25, 0.3) is 0 Å². The standard InChI is InChI=1S/C49H35N3/c1-5-14-38-40-26-33(21-23-44(40)51(43(38)7-3)36-18-9-8-10-19-36)34-22-24-45-41(27-34)42-25-31-15-11-12-16-32(31)28-46(42)52(45)47-29-35-17-13-20-39-37(6-2)30(4)49(50-47)48(35)39/h5-29H,2-3H2,1,4H3/b14-5-. The quantitative estimate of drug-likeness (QED) is 0.173. The largest absolute Gasteiger partial charge is 0.309 e. The third-order valence-corrected chi connectivity index (χ3v) is 10.9. The predicted octanol–water partition coefficient (Wildman–Crippen LogP) is 13.2. The van der Waals surface area contributed by atoms with Gasteiger partial charge in [-0.3, -0.25) is 4.57 Å². The summed E-state index contributed by atoms with van der Waals surface area (Å²) in [7, 11) is 0. The van der Waals surface area contributed by atoms with Gasteiger partial charge in [0, 0.05) is 32.8 Å². The molecule has 0 amide bonds. The first-order chi connectivity index (χ1) is 25.6. The average Bonchev–Trinajstić information content (AvgIpc) is 3.78. The zero-order chi connectivity index (χ0) is 35.1. The molecule has 3 aromatic heterocycles. The fourth-order valence-electron chi connectivity index (χ4n) is 8.54. The van der Waals surface area contributed by atoms with Crippen LogP contribution in [0.4, 0.5) is 0 Å². The van der Waals surface area contributed by atoms with Gasteiger partial charge in [-0.2, -0.15) is 0 Å². The van der Waals surface area contributed by atoms with Crippen molar-refractivity contribution >= 4 is 77.6 Å². The van der Waals surface area contributed by atoms with Gasteiger partial charge in [0.1, 0.15) is 5.82 Å². The summed E-state index contributed by atoms with van der Waals surface area (Å²) in [5, 5.41) is 8.43. The summed E-state index contributed by atoms with van der Waals surface area (Å²) in [6, 6.07) is 46.3. The van der Waals surface area contributed by atoms with Gasteiger partial charge in [-0.25, -0.2) is 4.98 Å². The number of rotatable bonds is 6. The van der Waals surface area contributed by atoms with Gasteiger partial charge in [0.05, 0.1) is 27.9 Å². The van der Waals surface area contributed by atoms with Gasteiger partial charge in [-0.1, -0.05) is 104 Å². The highest BCUT2D eigenvalue weighted by Gasteiger charge is 2.24. The SMILES string of the molecule is C=CC1=C(C)c2nc(-n3c4ccc(-c5ccc6c(c5)c(/C=C\C)c(C=C)n6-c5ccccc5)cc4c4cc5ccccc5cc43)cc3cccc1c23. The molecule has 0 spiro atoms. The van der Waals surface area contributed by atoms with Gasteiger partial charge in [-0.05, 0) is 119 Å². The number of aromatic nitrogens is 3. The Morgan fingerprint density at radius 2 is 1.27 bits per heavy atom. The van der Waals surface area contributed by atoms with Gasteiger partial charge in [0.2, 0.25) is 0 Å². The lowest BCUT2D eigenvalue weighted by Crippen LogP contribution is -2.00. The van der Waals surface area contributed by atoms with Crippen molar-refractivity contribution in [2.24, 2.45) is 0 Å². The molecule has 0 bridgehead atoms. The van der Waals surface area contributed by atoms with Crippen molar-refractivity contribution in [2.45, 2.75) is 13.8 Å². The third kappa shape index (κ3) is 4.23. The number of fused-ring (bicyclic) bond motifs is 5. The molecule has 10 rings (SSSR count). The Kier molecular flexibility index (Phi) is 6.61. The fourth-order valence-corrected chi connectivity index (χ4v) is 8.54. The molecular weight excluding hydrogens is 631 g/mol. The minimum absolute atomic E-state index is 0.920. The normalized spacial score (nSPS) is 12.8. The summed E-state index contributed by atoms with van der Waals surface area (Å²) in [5.41, 5.74) is 13.7. The van der Waals surface area contributed by atoms with Crippen LogP contribution in [0, 0.1) is 0 Å². The van der Waals surface area contributed by atoms with E-state index in [2.05, 4.69) is 176 Å². The van der Waals surface area contributed by atoms with E-state index in [0.717, 1.165) is 45.0 Å². The number of benzene rings is 6. The summed E-state index contributed by atoms with van der Waals surface area (Å²) in [6.45, 7) is 12.6. The van der Waals surface area contributed by atoms with Crippen LogP contribution >= 0.6 is 0 Å². The number of hydrogen-bond donors (Lipinski definition) is 0. The predicted molar refractivity (Wildman–Crippen MR) is 223 cm³/mol. The van der Waals surface area contributed by atoms with Crippen molar-refractivity contribution in [3.63, 3.8) is 0 Å². The molecule has 0 unspecified atom stereocenters. The van der Waals surface area contributed by atoms with E-state index in [1.54, 1.807) is 0 Å². The zero-order valence-corrected chi connectivity index (χ0v) is 29.2. The van der Waals surface area contributed by atoms with E-state index in [0.29, 0.717) is 0 Å². The molecule has 52 heavy (non-hydrogen) atoms. The first-order valence-corrected chi connectivity index (χ1v) is 17.8. The molecule has 3 heterocycles.